The van der Waals surface area contributed by atoms with Gasteiger partial charge in [-0.05, 0) is 76.1 Å². The minimum Gasteiger partial charge on any atom is -0.507 e. The third-order valence-electron chi connectivity index (χ3n) is 4.49. The van der Waals surface area contributed by atoms with E-state index < -0.39 is 0 Å². The lowest BCUT2D eigenvalue weighted by Crippen LogP contribution is -2.00. The van der Waals surface area contributed by atoms with Crippen molar-refractivity contribution in [2.75, 3.05) is 13.7 Å². The lowest BCUT2D eigenvalue weighted by Gasteiger charge is -2.12. The highest BCUT2D eigenvalue weighted by atomic mass is 16.5. The van der Waals surface area contributed by atoms with E-state index in [4.69, 9.17) is 9.47 Å². The van der Waals surface area contributed by atoms with Crippen molar-refractivity contribution in [1.29, 1.82) is 0 Å². The van der Waals surface area contributed by atoms with Crippen molar-refractivity contribution in [3.8, 4) is 17.2 Å². The van der Waals surface area contributed by atoms with Gasteiger partial charge in [-0.3, -0.25) is 4.79 Å². The Labute approximate surface area is 179 Å². The molecule has 0 fully saturated rings. The number of hydrogen-bond donors (Lipinski definition) is 1. The molecule has 0 saturated heterocycles. The lowest BCUT2D eigenvalue weighted by atomic mass is 10.0. The van der Waals surface area contributed by atoms with Crippen LogP contribution in [0, 0.1) is 0 Å². The molecule has 0 bridgehead atoms. The molecule has 0 spiro atoms. The molecular formula is C26H30O4. The molecule has 0 aliphatic rings. The fourth-order valence-corrected chi connectivity index (χ4v) is 2.75. The van der Waals surface area contributed by atoms with Crippen LogP contribution in [0.1, 0.15) is 49.2 Å². The topological polar surface area (TPSA) is 55.8 Å². The largest absolute Gasteiger partial charge is 0.507 e. The summed E-state index contributed by atoms with van der Waals surface area (Å²) >= 11 is 0. The Bertz CT molecular complexity index is 955. The lowest BCUT2D eigenvalue weighted by molar-refractivity contribution is 0.104. The predicted molar refractivity (Wildman–Crippen MR) is 123 cm³/mol. The van der Waals surface area contributed by atoms with Crippen molar-refractivity contribution in [2.24, 2.45) is 0 Å². The molecule has 2 rings (SSSR count). The van der Waals surface area contributed by atoms with Crippen LogP contribution in [-0.2, 0) is 6.42 Å². The van der Waals surface area contributed by atoms with E-state index in [2.05, 4.69) is 0 Å². The summed E-state index contributed by atoms with van der Waals surface area (Å²) in [5.41, 5.74) is 4.07. The van der Waals surface area contributed by atoms with E-state index in [0.29, 0.717) is 24.3 Å². The second-order valence-corrected chi connectivity index (χ2v) is 7.49. The average molecular weight is 407 g/mol. The third-order valence-corrected chi connectivity index (χ3v) is 4.49. The number of ketones is 1. The first-order valence-electron chi connectivity index (χ1n) is 9.92. The Morgan fingerprint density at radius 2 is 1.63 bits per heavy atom. The fraction of sp³-hybridized carbons (Fsp3) is 0.269. The first kappa shape index (κ1) is 23.0. The van der Waals surface area contributed by atoms with Gasteiger partial charge in [-0.2, -0.15) is 0 Å². The van der Waals surface area contributed by atoms with Gasteiger partial charge in [0.25, 0.3) is 0 Å². The van der Waals surface area contributed by atoms with E-state index in [-0.39, 0.29) is 17.1 Å². The fourth-order valence-electron chi connectivity index (χ4n) is 2.75. The highest BCUT2D eigenvalue weighted by Crippen LogP contribution is 2.33. The SMILES string of the molecule is COc1ccc(C(=O)/C=C/c2ccc(OCC=C(C)C)cc2)c(O)c1CC=C(C)C. The summed E-state index contributed by atoms with van der Waals surface area (Å²) in [6.45, 7) is 8.55. The van der Waals surface area contributed by atoms with E-state index in [0.717, 1.165) is 16.9 Å². The molecule has 0 unspecified atom stereocenters. The van der Waals surface area contributed by atoms with Crippen LogP contribution in [0.3, 0.4) is 0 Å². The number of benzene rings is 2. The first-order valence-corrected chi connectivity index (χ1v) is 9.92. The molecule has 0 radical (unpaired) electrons. The van der Waals surface area contributed by atoms with Crippen molar-refractivity contribution in [3.05, 3.63) is 82.5 Å². The van der Waals surface area contributed by atoms with Gasteiger partial charge in [0.2, 0.25) is 0 Å². The smallest absolute Gasteiger partial charge is 0.189 e. The Kier molecular flexibility index (Phi) is 8.48. The minimum atomic E-state index is -0.266. The second-order valence-electron chi connectivity index (χ2n) is 7.49. The summed E-state index contributed by atoms with van der Waals surface area (Å²) in [6.07, 6.45) is 7.69. The monoisotopic (exact) mass is 406 g/mol. The summed E-state index contributed by atoms with van der Waals surface area (Å²) < 4.78 is 11.0. The molecule has 0 aromatic heterocycles. The number of rotatable bonds is 9. The average Bonchev–Trinajstić information content (AvgIpc) is 2.71. The van der Waals surface area contributed by atoms with Gasteiger partial charge in [0.15, 0.2) is 5.78 Å². The second kappa shape index (κ2) is 11.1. The van der Waals surface area contributed by atoms with Crippen LogP contribution in [0.25, 0.3) is 6.08 Å². The van der Waals surface area contributed by atoms with Crippen LogP contribution in [0.15, 0.2) is 65.8 Å². The van der Waals surface area contributed by atoms with Gasteiger partial charge >= 0.3 is 0 Å². The summed E-state index contributed by atoms with van der Waals surface area (Å²) in [5, 5.41) is 10.7. The van der Waals surface area contributed by atoms with E-state index in [9.17, 15) is 9.90 Å². The van der Waals surface area contributed by atoms with Crippen LogP contribution in [0.4, 0.5) is 0 Å². The summed E-state index contributed by atoms with van der Waals surface area (Å²) in [5.74, 6) is 1.03. The molecule has 0 amide bonds. The van der Waals surface area contributed by atoms with Gasteiger partial charge in [0.05, 0.1) is 12.7 Å². The molecule has 158 valence electrons. The molecule has 0 heterocycles. The molecule has 2 aromatic carbocycles. The number of phenols is 1. The zero-order valence-corrected chi connectivity index (χ0v) is 18.4. The van der Waals surface area contributed by atoms with Gasteiger partial charge < -0.3 is 14.6 Å². The number of phenolic OH excluding ortho intramolecular Hbond substituents is 1. The molecule has 30 heavy (non-hydrogen) atoms. The van der Waals surface area contributed by atoms with Gasteiger partial charge in [-0.15, -0.1) is 0 Å². The third kappa shape index (κ3) is 6.66. The van der Waals surface area contributed by atoms with E-state index in [1.807, 2.05) is 64.1 Å². The van der Waals surface area contributed by atoms with Crippen LogP contribution >= 0.6 is 0 Å². The highest BCUT2D eigenvalue weighted by Gasteiger charge is 2.16. The van der Waals surface area contributed by atoms with Crippen LogP contribution < -0.4 is 9.47 Å². The van der Waals surface area contributed by atoms with Gasteiger partial charge in [-0.1, -0.05) is 35.4 Å². The molecule has 0 aliphatic carbocycles. The molecule has 4 heteroatoms. The quantitative estimate of drug-likeness (QED) is 0.308. The molecule has 0 saturated carbocycles. The van der Waals surface area contributed by atoms with Crippen molar-refractivity contribution in [2.45, 2.75) is 34.1 Å². The molecule has 1 N–H and O–H groups in total. The van der Waals surface area contributed by atoms with Gasteiger partial charge in [0, 0.05) is 5.56 Å². The number of methoxy groups -OCH3 is 1. The van der Waals surface area contributed by atoms with E-state index >= 15 is 0 Å². The standard InChI is InChI=1S/C26H30O4/c1-18(2)6-12-23-25(29-5)15-13-22(26(23)28)24(27)14-9-20-7-10-21(11-8-20)30-17-16-19(3)4/h6-11,13-16,28H,12,17H2,1-5H3/b14-9+. The molecule has 0 atom stereocenters. The Hall–Kier alpha value is -3.27. The number of carbonyl (C=O) groups excluding carboxylic acids is 1. The molecule has 0 aliphatic heterocycles. The number of hydrogen-bond acceptors (Lipinski definition) is 4. The maximum atomic E-state index is 12.7. The first-order chi connectivity index (χ1) is 14.3. The summed E-state index contributed by atoms with van der Waals surface area (Å²) in [7, 11) is 1.55. The van der Waals surface area contributed by atoms with Crippen molar-refractivity contribution < 1.29 is 19.4 Å². The molecule has 4 nitrogen and oxygen atoms in total. The number of allylic oxidation sites excluding steroid dienone is 4. The van der Waals surface area contributed by atoms with E-state index in [1.165, 1.54) is 11.6 Å². The zero-order chi connectivity index (χ0) is 22.1. The summed E-state index contributed by atoms with van der Waals surface area (Å²) in [4.78, 5) is 12.7. The van der Waals surface area contributed by atoms with Gasteiger partial charge in [0.1, 0.15) is 23.9 Å². The van der Waals surface area contributed by atoms with Crippen LogP contribution in [0.2, 0.25) is 0 Å². The number of ether oxygens (including phenoxy) is 2. The minimum absolute atomic E-state index is 0.0375. The van der Waals surface area contributed by atoms with Crippen molar-refractivity contribution in [1.82, 2.24) is 0 Å². The Morgan fingerprint density at radius 3 is 2.23 bits per heavy atom. The van der Waals surface area contributed by atoms with Crippen LogP contribution in [-0.4, -0.2) is 24.6 Å². The molecular weight excluding hydrogens is 376 g/mol. The highest BCUT2D eigenvalue weighted by molar-refractivity contribution is 6.09. The zero-order valence-electron chi connectivity index (χ0n) is 18.4. The number of carbonyl (C=O) groups is 1. The maximum absolute atomic E-state index is 12.7. The van der Waals surface area contributed by atoms with Crippen molar-refractivity contribution >= 4 is 11.9 Å². The van der Waals surface area contributed by atoms with Crippen molar-refractivity contribution in [3.63, 3.8) is 0 Å². The normalized spacial score (nSPS) is 10.6. The predicted octanol–water partition coefficient (Wildman–Crippen LogP) is 6.15. The van der Waals surface area contributed by atoms with Crippen LogP contribution in [0.5, 0.6) is 17.2 Å². The van der Waals surface area contributed by atoms with Gasteiger partial charge in [-0.25, -0.2) is 0 Å². The van der Waals surface area contributed by atoms with E-state index in [1.54, 1.807) is 25.3 Å². The Morgan fingerprint density at radius 1 is 0.967 bits per heavy atom. The molecule has 2 aromatic rings. The maximum Gasteiger partial charge on any atom is 0.189 e. The Balaban J connectivity index is 2.15. The number of aromatic hydroxyl groups is 1. The summed E-state index contributed by atoms with van der Waals surface area (Å²) in [6, 6.07) is 10.8.